The maximum Gasteiger partial charge on any atom is 0.0103 e. The molecule has 1 N–H and O–H groups in total. The summed E-state index contributed by atoms with van der Waals surface area (Å²) >= 11 is 0. The van der Waals surface area contributed by atoms with Crippen LogP contribution in [0.15, 0.2) is 0 Å². The summed E-state index contributed by atoms with van der Waals surface area (Å²) in [4.78, 5) is 0. The van der Waals surface area contributed by atoms with Gasteiger partial charge in [-0.2, -0.15) is 0 Å². The van der Waals surface area contributed by atoms with Crippen LogP contribution in [-0.4, -0.2) is 12.6 Å². The van der Waals surface area contributed by atoms with Gasteiger partial charge >= 0.3 is 0 Å². The third kappa shape index (κ3) is 7.87. The van der Waals surface area contributed by atoms with E-state index >= 15 is 0 Å². The largest absolute Gasteiger partial charge is 0.314 e. The zero-order valence-electron chi connectivity index (χ0n) is 9.48. The fourth-order valence-corrected chi connectivity index (χ4v) is 1.53. The van der Waals surface area contributed by atoms with Gasteiger partial charge in [0.2, 0.25) is 0 Å². The highest BCUT2D eigenvalue weighted by atomic mass is 14.9. The Morgan fingerprint density at radius 3 is 2.46 bits per heavy atom. The van der Waals surface area contributed by atoms with Gasteiger partial charge in [-0.3, -0.25) is 0 Å². The summed E-state index contributed by atoms with van der Waals surface area (Å²) < 4.78 is 0. The van der Waals surface area contributed by atoms with Gasteiger partial charge in [0.05, 0.1) is 0 Å². The maximum absolute atomic E-state index is 3.51. The summed E-state index contributed by atoms with van der Waals surface area (Å²) in [5.41, 5.74) is 0. The standard InChI is InChI=1S/C12H23N/c1-5-7-8-9-12(13-6-2)10-11(3)4/h11-13H,6,8-10H2,1-4H3. The highest BCUT2D eigenvalue weighted by Gasteiger charge is 2.07. The van der Waals surface area contributed by atoms with E-state index in [1.54, 1.807) is 0 Å². The van der Waals surface area contributed by atoms with E-state index in [2.05, 4.69) is 37.9 Å². The van der Waals surface area contributed by atoms with Crippen LogP contribution in [0.3, 0.4) is 0 Å². The molecule has 1 atom stereocenters. The molecule has 0 heterocycles. The van der Waals surface area contributed by atoms with E-state index < -0.39 is 0 Å². The molecule has 1 unspecified atom stereocenters. The Morgan fingerprint density at radius 2 is 2.00 bits per heavy atom. The van der Waals surface area contributed by atoms with Crippen LogP contribution in [0.25, 0.3) is 0 Å². The van der Waals surface area contributed by atoms with Gasteiger partial charge in [0.1, 0.15) is 0 Å². The van der Waals surface area contributed by atoms with E-state index in [0.717, 1.165) is 18.9 Å². The molecule has 0 fully saturated rings. The molecule has 0 aliphatic heterocycles. The zero-order valence-corrected chi connectivity index (χ0v) is 9.48. The molecule has 0 aromatic rings. The van der Waals surface area contributed by atoms with E-state index in [4.69, 9.17) is 0 Å². The van der Waals surface area contributed by atoms with Crippen LogP contribution >= 0.6 is 0 Å². The van der Waals surface area contributed by atoms with Gasteiger partial charge < -0.3 is 5.32 Å². The normalized spacial score (nSPS) is 12.4. The minimum Gasteiger partial charge on any atom is -0.314 e. The molecule has 0 amide bonds. The van der Waals surface area contributed by atoms with Gasteiger partial charge in [-0.15, -0.1) is 11.8 Å². The van der Waals surface area contributed by atoms with Crippen LogP contribution in [0.1, 0.15) is 47.0 Å². The first kappa shape index (κ1) is 12.5. The summed E-state index contributed by atoms with van der Waals surface area (Å²) in [5, 5.41) is 3.51. The number of rotatable bonds is 6. The molecule has 0 spiro atoms. The first-order valence-electron chi connectivity index (χ1n) is 5.33. The van der Waals surface area contributed by atoms with Crippen LogP contribution in [0, 0.1) is 17.8 Å². The van der Waals surface area contributed by atoms with Crippen LogP contribution in [0.5, 0.6) is 0 Å². The van der Waals surface area contributed by atoms with Crippen LogP contribution in [0.2, 0.25) is 0 Å². The number of hydrogen-bond donors (Lipinski definition) is 1. The highest BCUT2D eigenvalue weighted by molar-refractivity contribution is 4.95. The first-order valence-corrected chi connectivity index (χ1v) is 5.33. The third-order valence-corrected chi connectivity index (χ3v) is 2.04. The SMILES string of the molecule is CC#CCCC(CC(C)C)NCC. The zero-order chi connectivity index (χ0) is 10.1. The summed E-state index contributed by atoms with van der Waals surface area (Å²) in [6, 6.07) is 0.658. The van der Waals surface area contributed by atoms with E-state index in [1.165, 1.54) is 12.8 Å². The van der Waals surface area contributed by atoms with Crippen molar-refractivity contribution in [2.75, 3.05) is 6.54 Å². The molecule has 0 saturated carbocycles. The molecule has 1 heteroatoms. The lowest BCUT2D eigenvalue weighted by atomic mass is 10.00. The summed E-state index contributed by atoms with van der Waals surface area (Å²) in [6.07, 6.45) is 3.48. The quantitative estimate of drug-likeness (QED) is 0.621. The minimum absolute atomic E-state index is 0.658. The second-order valence-corrected chi connectivity index (χ2v) is 3.85. The van der Waals surface area contributed by atoms with Crippen molar-refractivity contribution in [2.24, 2.45) is 5.92 Å². The fraction of sp³-hybridized carbons (Fsp3) is 0.833. The predicted octanol–water partition coefficient (Wildman–Crippen LogP) is 2.81. The third-order valence-electron chi connectivity index (χ3n) is 2.04. The van der Waals surface area contributed by atoms with Gasteiger partial charge in [0.25, 0.3) is 0 Å². The Bertz CT molecular complexity index is 162. The maximum atomic E-state index is 3.51. The molecule has 0 saturated heterocycles. The van der Waals surface area contributed by atoms with Crippen molar-refractivity contribution >= 4 is 0 Å². The predicted molar refractivity (Wildman–Crippen MR) is 59.6 cm³/mol. The summed E-state index contributed by atoms with van der Waals surface area (Å²) in [7, 11) is 0. The second kappa shape index (κ2) is 8.13. The minimum atomic E-state index is 0.658. The smallest absolute Gasteiger partial charge is 0.0103 e. The summed E-state index contributed by atoms with van der Waals surface area (Å²) in [5.74, 6) is 6.84. The Labute approximate surface area is 83.3 Å². The lowest BCUT2D eigenvalue weighted by Crippen LogP contribution is -2.30. The van der Waals surface area contributed by atoms with Gasteiger partial charge in [0.15, 0.2) is 0 Å². The molecule has 13 heavy (non-hydrogen) atoms. The Balaban J connectivity index is 3.70. The topological polar surface area (TPSA) is 12.0 Å². The van der Waals surface area contributed by atoms with Crippen molar-refractivity contribution in [1.29, 1.82) is 0 Å². The lowest BCUT2D eigenvalue weighted by Gasteiger charge is -2.18. The van der Waals surface area contributed by atoms with E-state index in [-0.39, 0.29) is 0 Å². The Hall–Kier alpha value is -0.480. The molecular formula is C12H23N. The van der Waals surface area contributed by atoms with Gasteiger partial charge in [0, 0.05) is 12.5 Å². The molecule has 0 radical (unpaired) electrons. The van der Waals surface area contributed by atoms with Crippen molar-refractivity contribution < 1.29 is 0 Å². The Morgan fingerprint density at radius 1 is 1.31 bits per heavy atom. The van der Waals surface area contributed by atoms with Crippen molar-refractivity contribution in [1.82, 2.24) is 5.32 Å². The van der Waals surface area contributed by atoms with Crippen LogP contribution in [-0.2, 0) is 0 Å². The molecule has 76 valence electrons. The molecule has 0 aliphatic rings. The van der Waals surface area contributed by atoms with Gasteiger partial charge in [-0.05, 0) is 32.2 Å². The van der Waals surface area contributed by atoms with E-state index in [1.807, 2.05) is 6.92 Å². The van der Waals surface area contributed by atoms with Crippen molar-refractivity contribution in [3.63, 3.8) is 0 Å². The monoisotopic (exact) mass is 181 g/mol. The van der Waals surface area contributed by atoms with Crippen molar-refractivity contribution in [3.8, 4) is 11.8 Å². The molecule has 1 nitrogen and oxygen atoms in total. The first-order chi connectivity index (χ1) is 6.20. The number of hydrogen-bond acceptors (Lipinski definition) is 1. The lowest BCUT2D eigenvalue weighted by molar-refractivity contribution is 0.409. The second-order valence-electron chi connectivity index (χ2n) is 3.85. The fourth-order valence-electron chi connectivity index (χ4n) is 1.53. The van der Waals surface area contributed by atoms with Gasteiger partial charge in [-0.25, -0.2) is 0 Å². The average Bonchev–Trinajstić information content (AvgIpc) is 2.04. The molecule has 0 bridgehead atoms. The molecule has 0 rings (SSSR count). The van der Waals surface area contributed by atoms with Crippen molar-refractivity contribution in [3.05, 3.63) is 0 Å². The van der Waals surface area contributed by atoms with Crippen LogP contribution < -0.4 is 5.32 Å². The summed E-state index contributed by atoms with van der Waals surface area (Å²) in [6.45, 7) is 9.69. The average molecular weight is 181 g/mol. The molecular weight excluding hydrogens is 158 g/mol. The molecule has 0 aromatic carbocycles. The Kier molecular flexibility index (Phi) is 7.83. The number of nitrogens with one attached hydrogen (secondary N) is 1. The highest BCUT2D eigenvalue weighted by Crippen LogP contribution is 2.09. The van der Waals surface area contributed by atoms with Crippen molar-refractivity contribution in [2.45, 2.75) is 53.0 Å². The van der Waals surface area contributed by atoms with Gasteiger partial charge in [-0.1, -0.05) is 20.8 Å². The molecule has 0 aromatic heterocycles. The van der Waals surface area contributed by atoms with E-state index in [0.29, 0.717) is 6.04 Å². The van der Waals surface area contributed by atoms with E-state index in [9.17, 15) is 0 Å². The van der Waals surface area contributed by atoms with Crippen LogP contribution in [0.4, 0.5) is 0 Å². The molecule has 0 aliphatic carbocycles.